The first-order chi connectivity index (χ1) is 5.73. The molecular weight excluding hydrogens is 181 g/mol. The molecule has 0 N–H and O–H groups in total. The summed E-state index contributed by atoms with van der Waals surface area (Å²) < 4.78 is 39.3. The van der Waals surface area contributed by atoms with Gasteiger partial charge in [0.1, 0.15) is 28.2 Å². The van der Waals surface area contributed by atoms with Gasteiger partial charge in [0.2, 0.25) is 5.57 Å². The highest BCUT2D eigenvalue weighted by Gasteiger charge is 2.37. The number of halogens is 3. The molecule has 2 nitrogen and oxygen atoms in total. The fraction of sp³-hybridized carbons (Fsp3) is 0.625. The van der Waals surface area contributed by atoms with Crippen molar-refractivity contribution in [2.75, 3.05) is 28.2 Å². The van der Waals surface area contributed by atoms with Gasteiger partial charge >= 0.3 is 6.18 Å². The van der Waals surface area contributed by atoms with Crippen LogP contribution in [0.5, 0.6) is 0 Å². The van der Waals surface area contributed by atoms with Gasteiger partial charge in [-0.05, 0) is 0 Å². The highest BCUT2D eigenvalue weighted by atomic mass is 19.4. The van der Waals surface area contributed by atoms with E-state index in [1.165, 1.54) is 37.3 Å². The van der Waals surface area contributed by atoms with Crippen molar-refractivity contribution in [2.24, 2.45) is 0 Å². The molecule has 0 aromatic carbocycles. The molecule has 0 spiro atoms. The summed E-state index contributed by atoms with van der Waals surface area (Å²) >= 11 is 0. The van der Waals surface area contributed by atoms with Crippen LogP contribution in [0.1, 0.15) is 0 Å². The Morgan fingerprint density at radius 1 is 1.15 bits per heavy atom. The highest BCUT2D eigenvalue weighted by molar-refractivity contribution is 5.87. The van der Waals surface area contributed by atoms with Crippen LogP contribution >= 0.6 is 0 Å². The zero-order valence-corrected chi connectivity index (χ0v) is 8.11. The van der Waals surface area contributed by atoms with Gasteiger partial charge in [0.05, 0.1) is 0 Å². The minimum Gasteiger partial charge on any atom is -0.240 e. The van der Waals surface area contributed by atoms with E-state index in [1.807, 2.05) is 0 Å². The second kappa shape index (κ2) is 4.23. The molecule has 5 heteroatoms. The standard InChI is InChI=1S/C8H13F3N2/c1-12(2)5-7(6-13(3)4)8(9,10)11/h5H,1-4H3/q+2. The molecule has 0 aliphatic heterocycles. The van der Waals surface area contributed by atoms with Gasteiger partial charge in [-0.1, -0.05) is 0 Å². The molecule has 0 fully saturated rings. The lowest BCUT2D eigenvalue weighted by Gasteiger charge is -1.99. The van der Waals surface area contributed by atoms with Gasteiger partial charge < -0.3 is 0 Å². The Morgan fingerprint density at radius 3 is 1.85 bits per heavy atom. The van der Waals surface area contributed by atoms with Crippen LogP contribution in [0.25, 0.3) is 0 Å². The Morgan fingerprint density at radius 2 is 1.62 bits per heavy atom. The van der Waals surface area contributed by atoms with Gasteiger partial charge in [-0.2, -0.15) is 17.7 Å². The molecule has 0 aliphatic carbocycles. The summed E-state index contributed by atoms with van der Waals surface area (Å²) in [6.45, 7) is 0. The maximum Gasteiger partial charge on any atom is 0.435 e. The molecule has 0 aromatic rings. The largest absolute Gasteiger partial charge is 0.435 e. The lowest BCUT2D eigenvalue weighted by Crippen LogP contribution is -2.19. The molecule has 0 saturated heterocycles. The Bertz CT molecular complexity index is 272. The molecule has 0 aliphatic rings. The van der Waals surface area contributed by atoms with E-state index >= 15 is 0 Å². The predicted octanol–water partition coefficient (Wildman–Crippen LogP) is 0.760. The van der Waals surface area contributed by atoms with Crippen LogP contribution in [-0.2, 0) is 0 Å². The molecule has 0 rings (SSSR count). The van der Waals surface area contributed by atoms with Crippen LogP contribution in [0.15, 0.2) is 5.57 Å². The molecule has 0 atom stereocenters. The van der Waals surface area contributed by atoms with Crippen molar-refractivity contribution in [2.45, 2.75) is 6.18 Å². The number of allylic oxidation sites excluding steroid dienone is 1. The lowest BCUT2D eigenvalue weighted by atomic mass is 10.3. The van der Waals surface area contributed by atoms with Crippen molar-refractivity contribution in [3.63, 3.8) is 0 Å². The third-order valence-electron chi connectivity index (χ3n) is 1.04. The molecule has 0 heterocycles. The summed E-state index contributed by atoms with van der Waals surface area (Å²) in [4.78, 5) is 0. The first-order valence-corrected chi connectivity index (χ1v) is 3.63. The first kappa shape index (κ1) is 11.9. The van der Waals surface area contributed by atoms with Crippen molar-refractivity contribution in [1.29, 1.82) is 0 Å². The predicted molar refractivity (Wildman–Crippen MR) is 44.9 cm³/mol. The molecular formula is C8H13F3N2+2. The number of hydrogen-bond acceptors (Lipinski definition) is 0. The van der Waals surface area contributed by atoms with Crippen molar-refractivity contribution in [3.05, 3.63) is 5.57 Å². The SMILES string of the molecule is C[N+](C)=C=C(C=[N+](C)C)C(F)(F)F. The normalized spacial score (nSPS) is 10.4. The van der Waals surface area contributed by atoms with Crippen LogP contribution in [0.4, 0.5) is 13.2 Å². The van der Waals surface area contributed by atoms with Gasteiger partial charge in [0, 0.05) is 0 Å². The minimum atomic E-state index is -4.35. The summed E-state index contributed by atoms with van der Waals surface area (Å²) in [7, 11) is 6.05. The Labute approximate surface area is 75.3 Å². The number of rotatable bonds is 1. The van der Waals surface area contributed by atoms with Crippen LogP contribution in [-0.4, -0.2) is 55.6 Å². The molecule has 0 amide bonds. The quantitative estimate of drug-likeness (QED) is 0.429. The van der Waals surface area contributed by atoms with Crippen molar-refractivity contribution in [3.8, 4) is 0 Å². The highest BCUT2D eigenvalue weighted by Crippen LogP contribution is 2.21. The molecule has 74 valence electrons. The average Bonchev–Trinajstić information content (AvgIpc) is 1.81. The van der Waals surface area contributed by atoms with E-state index in [2.05, 4.69) is 5.87 Å². The van der Waals surface area contributed by atoms with Crippen molar-refractivity contribution >= 4 is 12.1 Å². The van der Waals surface area contributed by atoms with Crippen LogP contribution < -0.4 is 0 Å². The van der Waals surface area contributed by atoms with Crippen LogP contribution in [0, 0.1) is 0 Å². The van der Waals surface area contributed by atoms with Crippen LogP contribution in [0.3, 0.4) is 0 Å². The zero-order chi connectivity index (χ0) is 10.6. The van der Waals surface area contributed by atoms with E-state index in [9.17, 15) is 13.2 Å². The lowest BCUT2D eigenvalue weighted by molar-refractivity contribution is -0.461. The molecule has 0 aromatic heterocycles. The summed E-state index contributed by atoms with van der Waals surface area (Å²) in [6, 6.07) is 0. The van der Waals surface area contributed by atoms with E-state index in [1.54, 1.807) is 0 Å². The smallest absolute Gasteiger partial charge is 0.240 e. The van der Waals surface area contributed by atoms with E-state index in [0.717, 1.165) is 6.21 Å². The van der Waals surface area contributed by atoms with Gasteiger partial charge in [-0.3, -0.25) is 0 Å². The van der Waals surface area contributed by atoms with Gasteiger partial charge in [0.25, 0.3) is 0 Å². The molecule has 0 radical (unpaired) electrons. The van der Waals surface area contributed by atoms with E-state index in [4.69, 9.17) is 0 Å². The van der Waals surface area contributed by atoms with Gasteiger partial charge in [0.15, 0.2) is 12.1 Å². The topological polar surface area (TPSA) is 6.02 Å². The third-order valence-corrected chi connectivity index (χ3v) is 1.04. The minimum absolute atomic E-state index is 0.789. The summed E-state index contributed by atoms with van der Waals surface area (Å²) in [5.41, 5.74) is -0.789. The summed E-state index contributed by atoms with van der Waals surface area (Å²) in [6.07, 6.45) is -3.37. The monoisotopic (exact) mass is 194 g/mol. The van der Waals surface area contributed by atoms with E-state index in [0.29, 0.717) is 0 Å². The molecule has 0 bridgehead atoms. The third kappa shape index (κ3) is 5.20. The average molecular weight is 194 g/mol. The molecule has 0 saturated carbocycles. The van der Waals surface area contributed by atoms with E-state index in [-0.39, 0.29) is 0 Å². The zero-order valence-electron chi connectivity index (χ0n) is 8.11. The maximum absolute atomic E-state index is 12.3. The van der Waals surface area contributed by atoms with Crippen molar-refractivity contribution in [1.82, 2.24) is 0 Å². The molecule has 0 unspecified atom stereocenters. The number of hydrogen-bond donors (Lipinski definition) is 0. The Hall–Kier alpha value is -1.09. The summed E-state index contributed by atoms with van der Waals surface area (Å²) in [5, 5.41) is 0. The summed E-state index contributed by atoms with van der Waals surface area (Å²) in [5.74, 6) is 2.18. The van der Waals surface area contributed by atoms with Gasteiger partial charge in [-0.15, -0.1) is 0 Å². The second-order valence-electron chi connectivity index (χ2n) is 3.01. The maximum atomic E-state index is 12.3. The fourth-order valence-corrected chi connectivity index (χ4v) is 0.665. The second-order valence-corrected chi connectivity index (χ2v) is 3.01. The van der Waals surface area contributed by atoms with E-state index < -0.39 is 11.7 Å². The number of alkyl halides is 3. The number of nitrogens with zero attached hydrogens (tertiary/aromatic N) is 2. The fourth-order valence-electron chi connectivity index (χ4n) is 0.665. The van der Waals surface area contributed by atoms with Gasteiger partial charge in [-0.25, -0.2) is 4.58 Å². The Kier molecular flexibility index (Phi) is 3.88. The molecule has 13 heavy (non-hydrogen) atoms. The Balaban J connectivity index is 5.27. The van der Waals surface area contributed by atoms with Crippen LogP contribution in [0.2, 0.25) is 0 Å². The van der Waals surface area contributed by atoms with Crippen molar-refractivity contribution < 1.29 is 22.3 Å². The first-order valence-electron chi connectivity index (χ1n) is 3.63.